The van der Waals surface area contributed by atoms with Gasteiger partial charge in [-0.1, -0.05) is 75.2 Å². The lowest BCUT2D eigenvalue weighted by Gasteiger charge is -2.28. The molecule has 1 unspecified atom stereocenters. The number of carbonyl (C=O) groups is 7. The van der Waals surface area contributed by atoms with E-state index in [0.29, 0.717) is 29.7 Å². The van der Waals surface area contributed by atoms with Crippen molar-refractivity contribution in [2.45, 2.75) is 102 Å². The molecule has 0 aliphatic carbocycles. The largest absolute Gasteiger partial charge is 0.370 e. The molecule has 3 heterocycles. The average molecular weight is 896 g/mol. The summed E-state index contributed by atoms with van der Waals surface area (Å²) in [6.07, 6.45) is 5.99. The maximum absolute atomic E-state index is 14.5. The van der Waals surface area contributed by atoms with Gasteiger partial charge in [0, 0.05) is 74.5 Å². The van der Waals surface area contributed by atoms with Crippen molar-refractivity contribution in [2.75, 3.05) is 19.6 Å². The fourth-order valence-corrected chi connectivity index (χ4v) is 7.82. The Hall–Kier alpha value is -7.25. The maximum atomic E-state index is 14.5. The van der Waals surface area contributed by atoms with Crippen LogP contribution in [0.4, 0.5) is 0 Å². The Bertz CT molecular complexity index is 2240. The van der Waals surface area contributed by atoms with Gasteiger partial charge in [0.05, 0.1) is 18.6 Å². The van der Waals surface area contributed by atoms with E-state index in [4.69, 9.17) is 11.1 Å². The van der Waals surface area contributed by atoms with E-state index in [2.05, 4.69) is 57.5 Å². The number of carbonyl (C=O) groups excluding carboxylic acids is 7. The SMILES string of the molecule is CCC(CC)C1CC(=O)N[C@@H](Cc2c[nH]cn2)C(=O)N[C@H](Cc2ccccc2)C(=O)N[C@@H](CCCNC(=N)N)C(=O)N[C@@H](Cc2c[nH]c3ccccc23)C(=O)NCC(=O)NCCC(=O)N1. The molecule has 7 amide bonds. The number of fused-ring (bicyclic) bond motifs is 1. The molecule has 5 atom stereocenters. The van der Waals surface area contributed by atoms with Gasteiger partial charge >= 0.3 is 0 Å². The Morgan fingerprint density at radius 3 is 2.09 bits per heavy atom. The lowest BCUT2D eigenvalue weighted by Crippen LogP contribution is -2.59. The molecule has 5 rings (SSSR count). The van der Waals surface area contributed by atoms with Crippen molar-refractivity contribution < 1.29 is 33.6 Å². The van der Waals surface area contributed by atoms with Gasteiger partial charge in [-0.25, -0.2) is 4.98 Å². The third-order valence-corrected chi connectivity index (χ3v) is 11.4. The Labute approximate surface area is 377 Å². The minimum atomic E-state index is -1.27. The van der Waals surface area contributed by atoms with Crippen LogP contribution in [0.5, 0.6) is 0 Å². The molecular formula is C45H61N13O7. The first-order valence-electron chi connectivity index (χ1n) is 22.0. The third-order valence-electron chi connectivity index (χ3n) is 11.4. The Morgan fingerprint density at radius 2 is 1.40 bits per heavy atom. The van der Waals surface area contributed by atoms with Crippen LogP contribution < -0.4 is 48.3 Å². The predicted octanol–water partition coefficient (Wildman–Crippen LogP) is 0.0686. The van der Waals surface area contributed by atoms with Crippen molar-refractivity contribution in [3.05, 3.63) is 90.1 Å². The first-order valence-corrected chi connectivity index (χ1v) is 22.0. The minimum Gasteiger partial charge on any atom is -0.370 e. The van der Waals surface area contributed by atoms with Gasteiger partial charge in [0.25, 0.3) is 0 Å². The van der Waals surface area contributed by atoms with E-state index in [1.807, 2.05) is 38.1 Å². The highest BCUT2D eigenvalue weighted by Crippen LogP contribution is 2.20. The molecule has 2 aromatic carbocycles. The summed E-state index contributed by atoms with van der Waals surface area (Å²) in [6, 6.07) is 10.8. The molecule has 2 aromatic heterocycles. The standard InChI is InChI=1S/C45H61N13O7/c1-3-28(4-2)34-22-39(60)55-37(21-30-24-48-26-53-30)44(65)57-35(19-27-11-6-5-7-12-27)43(64)56-33(15-10-17-50-45(46)47)42(63)58-36(20-29-23-51-32-14-9-8-13-31(29)32)41(62)52-25-40(61)49-18-16-38(59)54-34/h5-9,11-14,23-24,26,28,33-37,51H,3-4,10,15-22,25H2,1-2H3,(H,48,53)(H,49,61)(H,52,62)(H,54,59)(H,55,60)(H,56,64)(H,57,65)(H,58,63)(H4,46,47,50)/t33-,34?,35+,36-,37-/m0/s1. The number of para-hydroxylation sites is 1. The normalized spacial score (nSPS) is 21.3. The van der Waals surface area contributed by atoms with E-state index in [0.717, 1.165) is 10.9 Å². The third kappa shape index (κ3) is 15.2. The Kier molecular flexibility index (Phi) is 18.4. The summed E-state index contributed by atoms with van der Waals surface area (Å²) in [7, 11) is 0. The van der Waals surface area contributed by atoms with E-state index in [9.17, 15) is 33.6 Å². The number of nitrogens with one attached hydrogen (secondary N) is 11. The zero-order valence-electron chi connectivity index (χ0n) is 36.8. The number of benzene rings is 2. The van der Waals surface area contributed by atoms with Gasteiger partial charge in [-0.2, -0.15) is 0 Å². The molecule has 13 N–H and O–H groups in total. The van der Waals surface area contributed by atoms with Crippen LogP contribution in [0.3, 0.4) is 0 Å². The quantitative estimate of drug-likeness (QED) is 0.0487. The van der Waals surface area contributed by atoms with Crippen LogP contribution >= 0.6 is 0 Å². The highest BCUT2D eigenvalue weighted by atomic mass is 16.2. The summed E-state index contributed by atoms with van der Waals surface area (Å²) < 4.78 is 0. The van der Waals surface area contributed by atoms with Gasteiger partial charge in [-0.15, -0.1) is 0 Å². The summed E-state index contributed by atoms with van der Waals surface area (Å²) in [5, 5.41) is 30.5. The van der Waals surface area contributed by atoms with Crippen LogP contribution in [0.2, 0.25) is 0 Å². The van der Waals surface area contributed by atoms with E-state index in [1.54, 1.807) is 42.7 Å². The van der Waals surface area contributed by atoms with Gasteiger partial charge in [0.2, 0.25) is 41.4 Å². The summed E-state index contributed by atoms with van der Waals surface area (Å²) >= 11 is 0. The lowest BCUT2D eigenvalue weighted by atomic mass is 9.91. The number of nitrogens with two attached hydrogens (primary N) is 1. The van der Waals surface area contributed by atoms with Gasteiger partial charge in [-0.05, 0) is 36.0 Å². The molecule has 4 aromatic rings. The molecule has 0 saturated carbocycles. The zero-order chi connectivity index (χ0) is 46.7. The molecule has 0 spiro atoms. The van der Waals surface area contributed by atoms with E-state index < -0.39 is 78.1 Å². The summed E-state index contributed by atoms with van der Waals surface area (Å²) in [6.45, 7) is 3.55. The molecule has 65 heavy (non-hydrogen) atoms. The summed E-state index contributed by atoms with van der Waals surface area (Å²) in [5.74, 6) is -4.73. The fourth-order valence-electron chi connectivity index (χ4n) is 7.82. The second-order valence-corrected chi connectivity index (χ2v) is 16.1. The smallest absolute Gasteiger partial charge is 0.243 e. The zero-order valence-corrected chi connectivity index (χ0v) is 36.8. The van der Waals surface area contributed by atoms with E-state index in [1.165, 1.54) is 6.33 Å². The van der Waals surface area contributed by atoms with Crippen LogP contribution in [0.1, 0.15) is 69.2 Å². The predicted molar refractivity (Wildman–Crippen MR) is 243 cm³/mol. The number of hydrogen-bond acceptors (Lipinski definition) is 9. The highest BCUT2D eigenvalue weighted by Gasteiger charge is 2.33. The average Bonchev–Trinajstić information content (AvgIpc) is 3.96. The first-order chi connectivity index (χ1) is 31.3. The molecule has 1 fully saturated rings. The number of amides is 7. The molecule has 0 bridgehead atoms. The second-order valence-electron chi connectivity index (χ2n) is 16.1. The summed E-state index contributed by atoms with van der Waals surface area (Å²) in [4.78, 5) is 107. The summed E-state index contributed by atoms with van der Waals surface area (Å²) in [5.41, 5.74) is 8.16. The van der Waals surface area contributed by atoms with Crippen molar-refractivity contribution in [3.8, 4) is 0 Å². The van der Waals surface area contributed by atoms with E-state index >= 15 is 0 Å². The molecule has 20 heteroatoms. The number of guanidine groups is 1. The molecule has 1 saturated heterocycles. The minimum absolute atomic E-state index is 0.00183. The van der Waals surface area contributed by atoms with Gasteiger partial charge < -0.3 is 58.2 Å². The van der Waals surface area contributed by atoms with Crippen LogP contribution in [0.25, 0.3) is 10.9 Å². The Morgan fingerprint density at radius 1 is 0.738 bits per heavy atom. The maximum Gasteiger partial charge on any atom is 0.243 e. The number of imidazole rings is 1. The molecule has 20 nitrogen and oxygen atoms in total. The Balaban J connectivity index is 1.51. The van der Waals surface area contributed by atoms with Crippen LogP contribution in [0.15, 0.2) is 73.3 Å². The molecule has 1 aliphatic rings. The number of H-pyrrole nitrogens is 2. The van der Waals surface area contributed by atoms with Crippen molar-refractivity contribution in [3.63, 3.8) is 0 Å². The number of nitrogens with zero attached hydrogens (tertiary/aromatic N) is 1. The first kappa shape index (κ1) is 48.8. The van der Waals surface area contributed by atoms with Gasteiger partial charge in [0.1, 0.15) is 24.2 Å². The van der Waals surface area contributed by atoms with Crippen LogP contribution in [0, 0.1) is 11.3 Å². The number of rotatable bonds is 13. The van der Waals surface area contributed by atoms with Crippen molar-refractivity contribution >= 4 is 58.2 Å². The van der Waals surface area contributed by atoms with Crippen molar-refractivity contribution in [2.24, 2.45) is 11.7 Å². The van der Waals surface area contributed by atoms with Crippen molar-refractivity contribution in [1.29, 1.82) is 5.41 Å². The number of aromatic amines is 2. The molecule has 1 aliphatic heterocycles. The van der Waals surface area contributed by atoms with E-state index in [-0.39, 0.29) is 69.9 Å². The fraction of sp³-hybridized carbons (Fsp3) is 0.444. The van der Waals surface area contributed by atoms with Gasteiger partial charge in [0.15, 0.2) is 5.96 Å². The number of hydrogen-bond donors (Lipinski definition) is 12. The van der Waals surface area contributed by atoms with Crippen LogP contribution in [-0.4, -0.2) is 112 Å². The molecule has 0 radical (unpaired) electrons. The van der Waals surface area contributed by atoms with Crippen LogP contribution in [-0.2, 0) is 52.8 Å². The molecular weight excluding hydrogens is 835 g/mol. The molecule has 348 valence electrons. The monoisotopic (exact) mass is 895 g/mol. The second kappa shape index (κ2) is 24.6. The topological polar surface area (TPSA) is 310 Å². The number of aromatic nitrogens is 3. The lowest BCUT2D eigenvalue weighted by molar-refractivity contribution is -0.135. The van der Waals surface area contributed by atoms with Crippen molar-refractivity contribution in [1.82, 2.24) is 57.5 Å². The highest BCUT2D eigenvalue weighted by molar-refractivity contribution is 5.97. The van der Waals surface area contributed by atoms with Gasteiger partial charge in [-0.3, -0.25) is 39.0 Å².